The third kappa shape index (κ3) is 3.18. The molecule has 0 spiro atoms. The molecule has 0 aliphatic rings. The second kappa shape index (κ2) is 5.79. The molecular weight excluding hydrogens is 331 g/mol. The number of nitrogens with one attached hydrogen (secondary N) is 1. The molecule has 102 valence electrons. The molecule has 5 nitrogen and oxygen atoms in total. The lowest BCUT2D eigenvalue weighted by atomic mass is 10.2. The Labute approximate surface area is 121 Å². The van der Waals surface area contributed by atoms with Crippen molar-refractivity contribution < 1.29 is 19.1 Å². The van der Waals surface area contributed by atoms with Crippen molar-refractivity contribution in [3.05, 3.63) is 58.1 Å². The summed E-state index contributed by atoms with van der Waals surface area (Å²) in [6, 6.07) is 5.20. The molecule has 0 fully saturated rings. The monoisotopic (exact) mass is 338 g/mol. The average molecular weight is 339 g/mol. The maximum atomic E-state index is 13.3. The maximum absolute atomic E-state index is 13.3. The number of halogens is 2. The number of carboxylic acid groups (broad SMARTS) is 1. The first kappa shape index (κ1) is 14.1. The number of aromatic nitrogens is 1. The highest BCUT2D eigenvalue weighted by Crippen LogP contribution is 2.17. The molecule has 0 bridgehead atoms. The van der Waals surface area contributed by atoms with Gasteiger partial charge >= 0.3 is 5.97 Å². The summed E-state index contributed by atoms with van der Waals surface area (Å²) in [5, 5.41) is 11.3. The summed E-state index contributed by atoms with van der Waals surface area (Å²) in [6.07, 6.45) is 2.47. The van der Waals surface area contributed by atoms with E-state index in [1.165, 1.54) is 24.4 Å². The first-order chi connectivity index (χ1) is 9.47. The molecule has 0 atom stereocenters. The van der Waals surface area contributed by atoms with E-state index in [2.05, 4.69) is 26.2 Å². The minimum atomic E-state index is -1.15. The molecule has 0 aliphatic heterocycles. The van der Waals surface area contributed by atoms with Crippen molar-refractivity contribution in [2.75, 3.05) is 5.32 Å². The number of hydrogen-bond acceptors (Lipinski definition) is 3. The van der Waals surface area contributed by atoms with Gasteiger partial charge in [-0.2, -0.15) is 0 Å². The van der Waals surface area contributed by atoms with E-state index in [9.17, 15) is 14.0 Å². The molecule has 0 saturated heterocycles. The van der Waals surface area contributed by atoms with Crippen molar-refractivity contribution >= 4 is 33.5 Å². The minimum Gasteiger partial charge on any atom is -0.478 e. The van der Waals surface area contributed by atoms with Gasteiger partial charge in [-0.25, -0.2) is 9.18 Å². The summed E-state index contributed by atoms with van der Waals surface area (Å²) in [5.74, 6) is -2.26. The molecular formula is C13H8BrFN2O3. The second-order valence-corrected chi connectivity index (χ2v) is 4.70. The summed E-state index contributed by atoms with van der Waals surface area (Å²) in [5.41, 5.74) is 0.287. The molecule has 7 heteroatoms. The van der Waals surface area contributed by atoms with E-state index in [1.54, 1.807) is 0 Å². The van der Waals surface area contributed by atoms with Crippen LogP contribution in [0.1, 0.15) is 20.7 Å². The number of amides is 1. The van der Waals surface area contributed by atoms with Crippen molar-refractivity contribution in [2.45, 2.75) is 0 Å². The van der Waals surface area contributed by atoms with Crippen molar-refractivity contribution in [3.8, 4) is 0 Å². The molecule has 20 heavy (non-hydrogen) atoms. The van der Waals surface area contributed by atoms with Crippen LogP contribution in [0.5, 0.6) is 0 Å². The molecule has 2 aromatic rings. The van der Waals surface area contributed by atoms with E-state index in [-0.39, 0.29) is 21.3 Å². The van der Waals surface area contributed by atoms with E-state index in [4.69, 9.17) is 5.11 Å². The Balaban J connectivity index is 2.21. The van der Waals surface area contributed by atoms with Gasteiger partial charge in [0.05, 0.1) is 21.9 Å². The smallest absolute Gasteiger partial charge is 0.337 e. The Morgan fingerprint density at radius 2 is 1.95 bits per heavy atom. The fourth-order valence-corrected chi connectivity index (χ4v) is 1.71. The van der Waals surface area contributed by atoms with Gasteiger partial charge in [0.15, 0.2) is 0 Å². The van der Waals surface area contributed by atoms with Crippen LogP contribution in [-0.4, -0.2) is 22.0 Å². The predicted octanol–water partition coefficient (Wildman–Crippen LogP) is 2.93. The predicted molar refractivity (Wildman–Crippen MR) is 73.2 cm³/mol. The number of benzene rings is 1. The van der Waals surface area contributed by atoms with E-state index >= 15 is 0 Å². The molecule has 2 N–H and O–H groups in total. The van der Waals surface area contributed by atoms with Crippen LogP contribution in [0.15, 0.2) is 41.1 Å². The van der Waals surface area contributed by atoms with Crippen molar-refractivity contribution in [1.29, 1.82) is 0 Å². The van der Waals surface area contributed by atoms with Crippen LogP contribution in [0.4, 0.5) is 10.1 Å². The van der Waals surface area contributed by atoms with Crippen LogP contribution in [0.25, 0.3) is 0 Å². The largest absolute Gasteiger partial charge is 0.478 e. The molecule has 0 radical (unpaired) electrons. The molecule has 1 aromatic carbocycles. The third-order valence-corrected chi connectivity index (χ3v) is 3.07. The van der Waals surface area contributed by atoms with Crippen LogP contribution in [0, 0.1) is 5.82 Å². The van der Waals surface area contributed by atoms with Crippen LogP contribution in [0.3, 0.4) is 0 Å². The third-order valence-electron chi connectivity index (χ3n) is 2.42. The molecule has 1 aromatic heterocycles. The van der Waals surface area contributed by atoms with Crippen molar-refractivity contribution in [3.63, 3.8) is 0 Å². The Hall–Kier alpha value is -2.28. The van der Waals surface area contributed by atoms with Gasteiger partial charge in [0, 0.05) is 11.8 Å². The zero-order valence-corrected chi connectivity index (χ0v) is 11.5. The molecule has 0 unspecified atom stereocenters. The summed E-state index contributed by atoms with van der Waals surface area (Å²) >= 11 is 2.99. The minimum absolute atomic E-state index is 0.0511. The van der Waals surface area contributed by atoms with E-state index in [1.807, 2.05) is 0 Å². The average Bonchev–Trinajstić information content (AvgIpc) is 2.42. The standard InChI is InChI=1S/C13H8BrFN2O3/c14-10-2-1-7(4-11(10)15)12(18)17-9-3-8(13(19)20)5-16-6-9/h1-6H,(H,17,18)(H,19,20). The molecule has 1 amide bonds. The van der Waals surface area contributed by atoms with Crippen molar-refractivity contribution in [1.82, 2.24) is 4.98 Å². The van der Waals surface area contributed by atoms with Crippen LogP contribution in [0.2, 0.25) is 0 Å². The SMILES string of the molecule is O=C(O)c1cncc(NC(=O)c2ccc(Br)c(F)c2)c1. The normalized spacial score (nSPS) is 10.1. The summed E-state index contributed by atoms with van der Waals surface area (Å²) in [6.45, 7) is 0. The number of hydrogen-bond donors (Lipinski definition) is 2. The van der Waals surface area contributed by atoms with Gasteiger partial charge in [-0.05, 0) is 40.2 Å². The molecule has 2 rings (SSSR count). The van der Waals surface area contributed by atoms with Crippen LogP contribution >= 0.6 is 15.9 Å². The topological polar surface area (TPSA) is 79.3 Å². The van der Waals surface area contributed by atoms with E-state index in [0.29, 0.717) is 0 Å². The van der Waals surface area contributed by atoms with Gasteiger partial charge in [0.25, 0.3) is 5.91 Å². The zero-order valence-electron chi connectivity index (χ0n) is 9.93. The highest BCUT2D eigenvalue weighted by Gasteiger charge is 2.10. The highest BCUT2D eigenvalue weighted by molar-refractivity contribution is 9.10. The quantitative estimate of drug-likeness (QED) is 0.901. The fourth-order valence-electron chi connectivity index (χ4n) is 1.47. The Morgan fingerprint density at radius 3 is 2.60 bits per heavy atom. The molecule has 0 saturated carbocycles. The molecule has 0 aliphatic carbocycles. The van der Waals surface area contributed by atoms with Gasteiger partial charge in [0.2, 0.25) is 0 Å². The molecule has 1 heterocycles. The second-order valence-electron chi connectivity index (χ2n) is 3.85. The van der Waals surface area contributed by atoms with Gasteiger partial charge in [-0.15, -0.1) is 0 Å². The number of carboxylic acids is 1. The lowest BCUT2D eigenvalue weighted by molar-refractivity contribution is 0.0696. The fraction of sp³-hybridized carbons (Fsp3) is 0. The van der Waals surface area contributed by atoms with Crippen LogP contribution in [-0.2, 0) is 0 Å². The first-order valence-electron chi connectivity index (χ1n) is 5.42. The summed E-state index contributed by atoms with van der Waals surface area (Å²) < 4.78 is 13.6. The Bertz CT molecular complexity index is 691. The summed E-state index contributed by atoms with van der Waals surface area (Å²) in [7, 11) is 0. The maximum Gasteiger partial charge on any atom is 0.337 e. The number of rotatable bonds is 3. The number of carbonyl (C=O) groups excluding carboxylic acids is 1. The zero-order chi connectivity index (χ0) is 14.7. The van der Waals surface area contributed by atoms with Gasteiger partial charge in [0.1, 0.15) is 5.82 Å². The van der Waals surface area contributed by atoms with E-state index in [0.717, 1.165) is 12.3 Å². The Morgan fingerprint density at radius 1 is 1.20 bits per heavy atom. The van der Waals surface area contributed by atoms with Gasteiger partial charge in [-0.1, -0.05) is 0 Å². The number of aromatic carboxylic acids is 1. The summed E-state index contributed by atoms with van der Waals surface area (Å²) in [4.78, 5) is 26.4. The number of carbonyl (C=O) groups is 2. The highest BCUT2D eigenvalue weighted by atomic mass is 79.9. The van der Waals surface area contributed by atoms with Crippen molar-refractivity contribution in [2.24, 2.45) is 0 Å². The van der Waals surface area contributed by atoms with E-state index < -0.39 is 17.7 Å². The number of anilines is 1. The van der Waals surface area contributed by atoms with Gasteiger partial charge < -0.3 is 10.4 Å². The van der Waals surface area contributed by atoms with Crippen LogP contribution < -0.4 is 5.32 Å². The number of pyridine rings is 1. The Kier molecular flexibility index (Phi) is 4.09. The lowest BCUT2D eigenvalue weighted by Gasteiger charge is -2.06. The van der Waals surface area contributed by atoms with Gasteiger partial charge in [-0.3, -0.25) is 9.78 Å². The lowest BCUT2D eigenvalue weighted by Crippen LogP contribution is -2.13. The number of nitrogens with zero attached hydrogens (tertiary/aromatic N) is 1. The first-order valence-corrected chi connectivity index (χ1v) is 6.21.